The van der Waals surface area contributed by atoms with Crippen LogP contribution in [0.5, 0.6) is 0 Å². The predicted octanol–water partition coefficient (Wildman–Crippen LogP) is 1.88. The van der Waals surface area contributed by atoms with Crippen LogP contribution in [0, 0.1) is 5.92 Å². The first kappa shape index (κ1) is 17.3. The van der Waals surface area contributed by atoms with Gasteiger partial charge in [-0.25, -0.2) is 4.79 Å². The Balaban J connectivity index is 1.70. The van der Waals surface area contributed by atoms with E-state index in [0.29, 0.717) is 0 Å². The summed E-state index contributed by atoms with van der Waals surface area (Å²) < 4.78 is 0. The van der Waals surface area contributed by atoms with Crippen molar-refractivity contribution in [1.82, 2.24) is 15.5 Å². The molecule has 2 fully saturated rings. The van der Waals surface area contributed by atoms with Gasteiger partial charge >= 0.3 is 6.03 Å². The molecule has 1 aliphatic heterocycles. The van der Waals surface area contributed by atoms with Crippen LogP contribution in [0.15, 0.2) is 12.2 Å². The van der Waals surface area contributed by atoms with Gasteiger partial charge in [-0.05, 0) is 32.6 Å². The Morgan fingerprint density at radius 1 is 1.18 bits per heavy atom. The van der Waals surface area contributed by atoms with E-state index >= 15 is 0 Å². The third-order valence-electron chi connectivity index (χ3n) is 4.88. The van der Waals surface area contributed by atoms with Gasteiger partial charge in [-0.15, -0.1) is 0 Å². The Bertz CT molecular complexity index is 378. The summed E-state index contributed by atoms with van der Waals surface area (Å²) in [6.07, 6.45) is 6.28. The molecule has 1 heterocycles. The lowest BCUT2D eigenvalue weighted by atomic mass is 9.85. The van der Waals surface area contributed by atoms with E-state index in [1.807, 2.05) is 0 Å². The molecule has 3 N–H and O–H groups in total. The standard InChI is InChI=1S/C17H31N3O2/c1-13(2)11-20-9-7-15(8-10-20)18-17(22)19-16-6-4-3-5-14(16)12-21/h14-16,21H,1,3-12H2,2H3,(H2,18,19,22). The lowest BCUT2D eigenvalue weighted by Gasteiger charge is -2.34. The summed E-state index contributed by atoms with van der Waals surface area (Å²) in [5, 5.41) is 15.6. The number of piperidine rings is 1. The van der Waals surface area contributed by atoms with Crippen molar-refractivity contribution in [3.05, 3.63) is 12.2 Å². The number of urea groups is 1. The second-order valence-corrected chi connectivity index (χ2v) is 6.96. The van der Waals surface area contributed by atoms with Crippen LogP contribution in [0.1, 0.15) is 45.4 Å². The number of carbonyl (C=O) groups excluding carboxylic acids is 1. The summed E-state index contributed by atoms with van der Waals surface area (Å²) >= 11 is 0. The van der Waals surface area contributed by atoms with Gasteiger partial charge in [0.1, 0.15) is 0 Å². The summed E-state index contributed by atoms with van der Waals surface area (Å²) in [5.41, 5.74) is 1.19. The van der Waals surface area contributed by atoms with Crippen molar-refractivity contribution in [2.24, 2.45) is 5.92 Å². The number of amides is 2. The Hall–Kier alpha value is -1.07. The van der Waals surface area contributed by atoms with E-state index in [2.05, 4.69) is 29.0 Å². The first-order chi connectivity index (χ1) is 10.6. The van der Waals surface area contributed by atoms with E-state index < -0.39 is 0 Å². The van der Waals surface area contributed by atoms with Crippen molar-refractivity contribution < 1.29 is 9.90 Å². The minimum atomic E-state index is -0.0660. The maximum atomic E-state index is 12.2. The zero-order chi connectivity index (χ0) is 15.9. The van der Waals surface area contributed by atoms with Gasteiger partial charge in [0.15, 0.2) is 0 Å². The van der Waals surface area contributed by atoms with Crippen LogP contribution in [0.4, 0.5) is 4.79 Å². The number of nitrogens with one attached hydrogen (secondary N) is 2. The predicted molar refractivity (Wildman–Crippen MR) is 88.8 cm³/mol. The second kappa shape index (κ2) is 8.53. The van der Waals surface area contributed by atoms with E-state index in [1.165, 1.54) is 5.57 Å². The maximum Gasteiger partial charge on any atom is 0.315 e. The van der Waals surface area contributed by atoms with E-state index in [9.17, 15) is 9.90 Å². The molecular weight excluding hydrogens is 278 g/mol. The molecule has 1 aliphatic carbocycles. The first-order valence-electron chi connectivity index (χ1n) is 8.63. The van der Waals surface area contributed by atoms with Crippen LogP contribution in [-0.4, -0.2) is 54.4 Å². The fraction of sp³-hybridized carbons (Fsp3) is 0.824. The number of aliphatic hydroxyl groups excluding tert-OH is 1. The average Bonchev–Trinajstić information content (AvgIpc) is 2.49. The molecule has 0 aromatic rings. The lowest BCUT2D eigenvalue weighted by Crippen LogP contribution is -2.52. The summed E-state index contributed by atoms with van der Waals surface area (Å²) in [7, 11) is 0. The molecule has 5 heteroatoms. The monoisotopic (exact) mass is 309 g/mol. The number of rotatable bonds is 5. The van der Waals surface area contributed by atoms with Gasteiger partial charge in [-0.2, -0.15) is 0 Å². The number of hydrogen-bond donors (Lipinski definition) is 3. The molecule has 2 amide bonds. The molecule has 2 rings (SSSR count). The summed E-state index contributed by atoms with van der Waals surface area (Å²) in [5.74, 6) is 0.219. The molecule has 5 nitrogen and oxygen atoms in total. The number of aliphatic hydroxyl groups is 1. The van der Waals surface area contributed by atoms with E-state index in [-0.39, 0.29) is 30.6 Å². The lowest BCUT2D eigenvalue weighted by molar-refractivity contribution is 0.151. The van der Waals surface area contributed by atoms with Crippen molar-refractivity contribution in [1.29, 1.82) is 0 Å². The maximum absolute atomic E-state index is 12.2. The second-order valence-electron chi connectivity index (χ2n) is 6.96. The van der Waals surface area contributed by atoms with Crippen molar-refractivity contribution in [3.63, 3.8) is 0 Å². The van der Waals surface area contributed by atoms with Crippen LogP contribution < -0.4 is 10.6 Å². The molecule has 2 unspecified atom stereocenters. The van der Waals surface area contributed by atoms with Gasteiger partial charge in [0.2, 0.25) is 0 Å². The highest BCUT2D eigenvalue weighted by Gasteiger charge is 2.27. The molecule has 0 spiro atoms. The van der Waals surface area contributed by atoms with Gasteiger partial charge in [0, 0.05) is 44.2 Å². The molecule has 1 saturated carbocycles. The topological polar surface area (TPSA) is 64.6 Å². The minimum absolute atomic E-state index is 0.0660. The van der Waals surface area contributed by atoms with Crippen LogP contribution in [0.3, 0.4) is 0 Å². The number of hydrogen-bond acceptors (Lipinski definition) is 3. The van der Waals surface area contributed by atoms with Gasteiger partial charge < -0.3 is 15.7 Å². The number of carbonyl (C=O) groups is 1. The Kier molecular flexibility index (Phi) is 6.70. The zero-order valence-electron chi connectivity index (χ0n) is 13.8. The quantitative estimate of drug-likeness (QED) is 0.679. The highest BCUT2D eigenvalue weighted by Crippen LogP contribution is 2.23. The van der Waals surface area contributed by atoms with Gasteiger partial charge in [-0.3, -0.25) is 4.90 Å². The van der Waals surface area contributed by atoms with Gasteiger partial charge in [0.05, 0.1) is 0 Å². The van der Waals surface area contributed by atoms with E-state index in [0.717, 1.165) is 58.2 Å². The van der Waals surface area contributed by atoms with Crippen molar-refractivity contribution >= 4 is 6.03 Å². The first-order valence-corrected chi connectivity index (χ1v) is 8.63. The number of nitrogens with zero attached hydrogens (tertiary/aromatic N) is 1. The SMILES string of the molecule is C=C(C)CN1CCC(NC(=O)NC2CCCCC2CO)CC1. The summed E-state index contributed by atoms with van der Waals surface area (Å²) in [6.45, 7) is 9.17. The smallest absolute Gasteiger partial charge is 0.315 e. The molecule has 126 valence electrons. The van der Waals surface area contributed by atoms with E-state index in [1.54, 1.807) is 0 Å². The molecule has 0 bridgehead atoms. The highest BCUT2D eigenvalue weighted by molar-refractivity contribution is 5.74. The largest absolute Gasteiger partial charge is 0.396 e. The minimum Gasteiger partial charge on any atom is -0.396 e. The molecule has 2 aliphatic rings. The van der Waals surface area contributed by atoms with Crippen molar-refractivity contribution in [2.75, 3.05) is 26.2 Å². The Morgan fingerprint density at radius 2 is 1.86 bits per heavy atom. The molecule has 1 saturated heterocycles. The fourth-order valence-corrected chi connectivity index (χ4v) is 3.63. The Morgan fingerprint density at radius 3 is 2.50 bits per heavy atom. The van der Waals surface area contributed by atoms with Gasteiger partial charge in [-0.1, -0.05) is 25.0 Å². The number of likely N-dealkylation sites (tertiary alicyclic amines) is 1. The van der Waals surface area contributed by atoms with Crippen molar-refractivity contribution in [3.8, 4) is 0 Å². The van der Waals surface area contributed by atoms with Crippen LogP contribution >= 0.6 is 0 Å². The highest BCUT2D eigenvalue weighted by atomic mass is 16.3. The zero-order valence-corrected chi connectivity index (χ0v) is 13.8. The normalized spacial score (nSPS) is 27.4. The van der Waals surface area contributed by atoms with Crippen LogP contribution in [0.25, 0.3) is 0 Å². The van der Waals surface area contributed by atoms with Crippen LogP contribution in [-0.2, 0) is 0 Å². The van der Waals surface area contributed by atoms with Crippen molar-refractivity contribution in [2.45, 2.75) is 57.5 Å². The molecule has 0 radical (unpaired) electrons. The van der Waals surface area contributed by atoms with Gasteiger partial charge in [0.25, 0.3) is 0 Å². The third kappa shape index (κ3) is 5.29. The third-order valence-corrected chi connectivity index (χ3v) is 4.88. The summed E-state index contributed by atoms with van der Waals surface area (Å²) in [4.78, 5) is 14.6. The van der Waals surface area contributed by atoms with Crippen LogP contribution in [0.2, 0.25) is 0 Å². The fourth-order valence-electron chi connectivity index (χ4n) is 3.63. The molecule has 22 heavy (non-hydrogen) atoms. The molecule has 0 aromatic carbocycles. The molecular formula is C17H31N3O2. The summed E-state index contributed by atoms with van der Waals surface area (Å²) in [6, 6.07) is 0.323. The Labute approximate surface area is 134 Å². The molecule has 2 atom stereocenters. The average molecular weight is 309 g/mol. The molecule has 0 aromatic heterocycles. The van der Waals surface area contributed by atoms with E-state index in [4.69, 9.17) is 0 Å².